The highest BCUT2D eigenvalue weighted by molar-refractivity contribution is 6.15. The van der Waals surface area contributed by atoms with Crippen LogP contribution in [-0.4, -0.2) is 43.8 Å². The quantitative estimate of drug-likeness (QED) is 0.740. The predicted octanol–water partition coefficient (Wildman–Crippen LogP) is 3.64. The molecule has 3 aliphatic rings. The molecule has 2 aromatic carbocycles. The molecule has 0 saturated carbocycles. The normalized spacial score (nSPS) is 22.2. The van der Waals surface area contributed by atoms with E-state index in [2.05, 4.69) is 4.90 Å². The third-order valence-corrected chi connectivity index (χ3v) is 5.58. The number of ketones is 1. The van der Waals surface area contributed by atoms with Crippen molar-refractivity contribution in [3.8, 4) is 17.2 Å². The third kappa shape index (κ3) is 3.50. The van der Waals surface area contributed by atoms with Gasteiger partial charge in [0.25, 0.3) is 0 Å². The van der Waals surface area contributed by atoms with E-state index in [1.54, 1.807) is 19.3 Å². The zero-order valence-electron chi connectivity index (χ0n) is 16.3. The first-order valence-electron chi connectivity index (χ1n) is 9.92. The minimum atomic E-state index is -0.102. The molecule has 0 radical (unpaired) electrons. The zero-order chi connectivity index (χ0) is 19.8. The summed E-state index contributed by atoms with van der Waals surface area (Å²) in [7, 11) is 1.63. The van der Waals surface area contributed by atoms with Crippen LogP contribution in [0.25, 0.3) is 6.08 Å². The van der Waals surface area contributed by atoms with Crippen LogP contribution in [0.3, 0.4) is 0 Å². The summed E-state index contributed by atoms with van der Waals surface area (Å²) in [5, 5.41) is 0. The van der Waals surface area contributed by atoms with E-state index in [1.165, 1.54) is 0 Å². The molecule has 150 valence electrons. The lowest BCUT2D eigenvalue weighted by Crippen LogP contribution is -2.37. The Morgan fingerprint density at radius 3 is 2.83 bits per heavy atom. The van der Waals surface area contributed by atoms with Gasteiger partial charge < -0.3 is 18.9 Å². The summed E-state index contributed by atoms with van der Waals surface area (Å²) in [6, 6.07) is 11.2. The molecule has 2 aromatic rings. The second kappa shape index (κ2) is 7.54. The number of hydrogen-bond acceptors (Lipinski definition) is 6. The van der Waals surface area contributed by atoms with Crippen molar-refractivity contribution in [1.29, 1.82) is 0 Å². The van der Waals surface area contributed by atoms with E-state index < -0.39 is 0 Å². The van der Waals surface area contributed by atoms with Crippen molar-refractivity contribution in [3.05, 3.63) is 58.8 Å². The Hall–Kier alpha value is -2.83. The van der Waals surface area contributed by atoms with Gasteiger partial charge in [0, 0.05) is 19.7 Å². The van der Waals surface area contributed by atoms with E-state index in [1.807, 2.05) is 30.3 Å². The molecule has 0 bridgehead atoms. The molecule has 1 saturated heterocycles. The van der Waals surface area contributed by atoms with Gasteiger partial charge in [0.15, 0.2) is 5.76 Å². The van der Waals surface area contributed by atoms with E-state index in [0.717, 1.165) is 48.6 Å². The van der Waals surface area contributed by atoms with E-state index >= 15 is 0 Å². The Balaban J connectivity index is 1.39. The molecule has 5 rings (SSSR count). The van der Waals surface area contributed by atoms with Gasteiger partial charge in [-0.25, -0.2) is 0 Å². The topological polar surface area (TPSA) is 57.2 Å². The lowest BCUT2D eigenvalue weighted by atomic mass is 10.0. The molecule has 1 atom stereocenters. The smallest absolute Gasteiger partial charge is 0.231 e. The molecule has 3 aliphatic heterocycles. The Kier molecular flexibility index (Phi) is 4.73. The first kappa shape index (κ1) is 18.2. The maximum atomic E-state index is 12.9. The van der Waals surface area contributed by atoms with Crippen LogP contribution in [0, 0.1) is 0 Å². The van der Waals surface area contributed by atoms with Crippen molar-refractivity contribution in [1.82, 2.24) is 4.90 Å². The van der Waals surface area contributed by atoms with Crippen molar-refractivity contribution in [2.45, 2.75) is 25.5 Å². The van der Waals surface area contributed by atoms with Crippen LogP contribution in [0.2, 0.25) is 0 Å². The van der Waals surface area contributed by atoms with E-state index in [-0.39, 0.29) is 11.9 Å². The molecule has 0 aliphatic carbocycles. The highest BCUT2D eigenvalue weighted by atomic mass is 16.5. The molecular formula is C23H23NO5. The van der Waals surface area contributed by atoms with Crippen LogP contribution in [0.4, 0.5) is 0 Å². The van der Waals surface area contributed by atoms with Gasteiger partial charge >= 0.3 is 0 Å². The van der Waals surface area contributed by atoms with Gasteiger partial charge in [-0.05, 0) is 48.7 Å². The fraction of sp³-hybridized carbons (Fsp3) is 0.348. The fourth-order valence-corrected chi connectivity index (χ4v) is 4.05. The number of nitrogens with zero attached hydrogens (tertiary/aromatic N) is 1. The monoisotopic (exact) mass is 393 g/mol. The van der Waals surface area contributed by atoms with Gasteiger partial charge in [0.1, 0.15) is 24.0 Å². The molecule has 0 amide bonds. The van der Waals surface area contributed by atoms with Crippen LogP contribution < -0.4 is 14.2 Å². The van der Waals surface area contributed by atoms with Gasteiger partial charge in [0.2, 0.25) is 5.78 Å². The van der Waals surface area contributed by atoms with Crippen LogP contribution in [0.1, 0.15) is 34.3 Å². The van der Waals surface area contributed by atoms with Crippen LogP contribution >= 0.6 is 0 Å². The Morgan fingerprint density at radius 1 is 1.21 bits per heavy atom. The number of fused-ring (bicyclic) bond motifs is 3. The van der Waals surface area contributed by atoms with Gasteiger partial charge in [-0.1, -0.05) is 12.1 Å². The van der Waals surface area contributed by atoms with Gasteiger partial charge in [0.05, 0.1) is 24.3 Å². The highest BCUT2D eigenvalue weighted by Crippen LogP contribution is 2.42. The fourth-order valence-electron chi connectivity index (χ4n) is 4.05. The van der Waals surface area contributed by atoms with E-state index in [0.29, 0.717) is 30.3 Å². The second-order valence-electron chi connectivity index (χ2n) is 7.55. The predicted molar refractivity (Wildman–Crippen MR) is 107 cm³/mol. The Bertz CT molecular complexity index is 960. The summed E-state index contributed by atoms with van der Waals surface area (Å²) >= 11 is 0. The van der Waals surface area contributed by atoms with Crippen LogP contribution in [-0.2, 0) is 11.3 Å². The number of rotatable bonds is 4. The van der Waals surface area contributed by atoms with Crippen LogP contribution in [0.15, 0.2) is 42.2 Å². The average Bonchev–Trinajstić information content (AvgIpc) is 3.37. The van der Waals surface area contributed by atoms with Crippen LogP contribution in [0.5, 0.6) is 17.2 Å². The summed E-state index contributed by atoms with van der Waals surface area (Å²) in [6.45, 7) is 2.86. The molecule has 0 spiro atoms. The van der Waals surface area contributed by atoms with Crippen molar-refractivity contribution in [2.24, 2.45) is 0 Å². The molecule has 29 heavy (non-hydrogen) atoms. The molecule has 0 unspecified atom stereocenters. The van der Waals surface area contributed by atoms with Gasteiger partial charge in [-0.15, -0.1) is 0 Å². The number of carbonyl (C=O) groups is 1. The summed E-state index contributed by atoms with van der Waals surface area (Å²) in [5.41, 5.74) is 2.40. The SMILES string of the molecule is COc1ccc(/C=C2\Oc3c(ccc4c3CN(C[C@@H]3CCCO3)CO4)C2=O)cc1. The second-order valence-corrected chi connectivity index (χ2v) is 7.55. The highest BCUT2D eigenvalue weighted by Gasteiger charge is 2.34. The molecule has 6 heteroatoms. The summed E-state index contributed by atoms with van der Waals surface area (Å²) in [6.07, 6.45) is 4.22. The summed E-state index contributed by atoms with van der Waals surface area (Å²) in [4.78, 5) is 15.1. The van der Waals surface area contributed by atoms with Gasteiger partial charge in [-0.3, -0.25) is 9.69 Å². The first-order valence-corrected chi connectivity index (χ1v) is 9.92. The number of allylic oxidation sites excluding steroid dienone is 1. The number of benzene rings is 2. The summed E-state index contributed by atoms with van der Waals surface area (Å²) < 4.78 is 22.9. The average molecular weight is 393 g/mol. The number of Topliss-reactive ketones (excluding diaryl/α,β-unsaturated/α-hetero) is 1. The number of ether oxygens (including phenoxy) is 4. The minimum Gasteiger partial charge on any atom is -0.497 e. The lowest BCUT2D eigenvalue weighted by molar-refractivity contribution is 0.0274. The minimum absolute atomic E-state index is 0.102. The number of methoxy groups -OCH3 is 1. The molecular weight excluding hydrogens is 370 g/mol. The Morgan fingerprint density at radius 2 is 2.07 bits per heavy atom. The standard InChI is InChI=1S/C23H23NO5/c1-26-16-6-4-15(5-7-16)11-21-22(25)18-8-9-20-19(23(18)29-21)13-24(14-28-20)12-17-3-2-10-27-17/h4-9,11,17H,2-3,10,12-14H2,1H3/b21-11-/t17-/m0/s1. The first-order chi connectivity index (χ1) is 14.2. The van der Waals surface area contributed by atoms with E-state index in [4.69, 9.17) is 18.9 Å². The Labute approximate surface area is 169 Å². The molecule has 3 heterocycles. The summed E-state index contributed by atoms with van der Waals surface area (Å²) in [5.74, 6) is 2.39. The molecule has 6 nitrogen and oxygen atoms in total. The maximum absolute atomic E-state index is 12.9. The van der Waals surface area contributed by atoms with Crippen molar-refractivity contribution in [3.63, 3.8) is 0 Å². The molecule has 0 aromatic heterocycles. The van der Waals surface area contributed by atoms with Gasteiger partial charge in [-0.2, -0.15) is 0 Å². The third-order valence-electron chi connectivity index (χ3n) is 5.58. The lowest BCUT2D eigenvalue weighted by Gasteiger charge is -2.31. The van der Waals surface area contributed by atoms with E-state index in [9.17, 15) is 4.79 Å². The largest absolute Gasteiger partial charge is 0.497 e. The number of hydrogen-bond donors (Lipinski definition) is 0. The van der Waals surface area contributed by atoms with Crippen molar-refractivity contribution < 1.29 is 23.7 Å². The maximum Gasteiger partial charge on any atom is 0.231 e. The van der Waals surface area contributed by atoms with Crippen molar-refractivity contribution in [2.75, 3.05) is 27.0 Å². The van der Waals surface area contributed by atoms with Crippen molar-refractivity contribution >= 4 is 11.9 Å². The molecule has 0 N–H and O–H groups in total. The molecule has 1 fully saturated rings. The zero-order valence-corrected chi connectivity index (χ0v) is 16.3. The number of carbonyl (C=O) groups excluding carboxylic acids is 1.